The van der Waals surface area contributed by atoms with Crippen molar-refractivity contribution in [2.24, 2.45) is 0 Å². The second kappa shape index (κ2) is 3.24. The molecule has 3 heteroatoms. The fourth-order valence-corrected chi connectivity index (χ4v) is 1.60. The molecule has 0 bridgehead atoms. The molecule has 0 aliphatic carbocycles. The molecule has 1 aromatic heterocycles. The van der Waals surface area contributed by atoms with Crippen LogP contribution < -0.4 is 4.90 Å². The quantitative estimate of drug-likeness (QED) is 0.617. The predicted molar refractivity (Wildman–Crippen MR) is 51.8 cm³/mol. The van der Waals surface area contributed by atoms with E-state index in [0.717, 1.165) is 37.6 Å². The number of hydrogen-bond acceptors (Lipinski definition) is 3. The van der Waals surface area contributed by atoms with Crippen LogP contribution in [-0.4, -0.2) is 18.1 Å². The van der Waals surface area contributed by atoms with Gasteiger partial charge in [0.1, 0.15) is 6.26 Å². The average Bonchev–Trinajstić information content (AvgIpc) is 2.52. The number of aromatic nitrogens is 1. The monoisotopic (exact) mass is 178 g/mol. The molecule has 0 atom stereocenters. The maximum absolute atomic E-state index is 5.33. The molecule has 1 fully saturated rings. The van der Waals surface area contributed by atoms with Crippen LogP contribution in [0.3, 0.4) is 0 Å². The van der Waals surface area contributed by atoms with Gasteiger partial charge in [0.2, 0.25) is 0 Å². The number of piperidine rings is 1. The topological polar surface area (TPSA) is 29.3 Å². The maximum Gasteiger partial charge on any atom is 0.297 e. The zero-order chi connectivity index (χ0) is 9.26. The molecule has 0 radical (unpaired) electrons. The van der Waals surface area contributed by atoms with Crippen LogP contribution >= 0.6 is 0 Å². The van der Waals surface area contributed by atoms with Crippen molar-refractivity contribution in [3.05, 3.63) is 24.1 Å². The van der Waals surface area contributed by atoms with Gasteiger partial charge in [-0.25, -0.2) is 0 Å². The summed E-state index contributed by atoms with van der Waals surface area (Å²) in [5.74, 6) is 0. The summed E-state index contributed by atoms with van der Waals surface area (Å²) in [6.45, 7) is 7.84. The zero-order valence-corrected chi connectivity index (χ0v) is 7.92. The number of hydrogen-bond donors (Lipinski definition) is 0. The zero-order valence-electron chi connectivity index (χ0n) is 7.92. The minimum absolute atomic E-state index is 0.735. The van der Waals surface area contributed by atoms with Crippen molar-refractivity contribution in [3.63, 3.8) is 0 Å². The van der Waals surface area contributed by atoms with Gasteiger partial charge in [-0.1, -0.05) is 12.2 Å². The van der Waals surface area contributed by atoms with Gasteiger partial charge in [0.15, 0.2) is 0 Å². The standard InChI is InChI=1S/C10H14N2O/c1-8-4-3-5-12(6-8)10-11-9(2)7-13-10/h7H,1,3-6H2,2H3. The minimum Gasteiger partial charge on any atom is -0.432 e. The number of nitrogens with zero attached hydrogens (tertiary/aromatic N) is 2. The van der Waals surface area contributed by atoms with E-state index in [1.807, 2.05) is 6.92 Å². The van der Waals surface area contributed by atoms with Crippen molar-refractivity contribution in [2.45, 2.75) is 19.8 Å². The van der Waals surface area contributed by atoms with E-state index in [1.54, 1.807) is 6.26 Å². The molecule has 3 nitrogen and oxygen atoms in total. The van der Waals surface area contributed by atoms with E-state index in [2.05, 4.69) is 16.5 Å². The Kier molecular flexibility index (Phi) is 2.08. The normalized spacial score (nSPS) is 17.9. The minimum atomic E-state index is 0.735. The molecule has 1 aromatic rings. The Morgan fingerprint density at radius 2 is 2.46 bits per heavy atom. The van der Waals surface area contributed by atoms with Crippen LogP contribution in [0.2, 0.25) is 0 Å². The van der Waals surface area contributed by atoms with E-state index in [-0.39, 0.29) is 0 Å². The lowest BCUT2D eigenvalue weighted by Gasteiger charge is -2.26. The largest absolute Gasteiger partial charge is 0.432 e. The van der Waals surface area contributed by atoms with Crippen molar-refractivity contribution in [1.29, 1.82) is 0 Å². The maximum atomic E-state index is 5.33. The summed E-state index contributed by atoms with van der Waals surface area (Å²) >= 11 is 0. The molecule has 0 aromatic carbocycles. The van der Waals surface area contributed by atoms with E-state index in [0.29, 0.717) is 0 Å². The number of aryl methyl sites for hydroxylation is 1. The Morgan fingerprint density at radius 1 is 1.62 bits per heavy atom. The summed E-state index contributed by atoms with van der Waals surface area (Å²) < 4.78 is 5.33. The molecule has 0 spiro atoms. The summed E-state index contributed by atoms with van der Waals surface area (Å²) in [5.41, 5.74) is 2.20. The second-order valence-corrected chi connectivity index (χ2v) is 3.55. The summed E-state index contributed by atoms with van der Waals surface area (Å²) in [5, 5.41) is 0. The van der Waals surface area contributed by atoms with Gasteiger partial charge in [0.25, 0.3) is 6.01 Å². The molecule has 1 aliphatic heterocycles. The number of oxazole rings is 1. The Balaban J connectivity index is 2.12. The number of anilines is 1. The van der Waals surface area contributed by atoms with Crippen LogP contribution in [0.15, 0.2) is 22.8 Å². The highest BCUT2D eigenvalue weighted by atomic mass is 16.4. The molecule has 70 valence electrons. The first-order valence-electron chi connectivity index (χ1n) is 4.59. The van der Waals surface area contributed by atoms with Crippen molar-refractivity contribution in [1.82, 2.24) is 4.98 Å². The molecule has 13 heavy (non-hydrogen) atoms. The molecule has 0 N–H and O–H groups in total. The van der Waals surface area contributed by atoms with Crippen molar-refractivity contribution >= 4 is 6.01 Å². The molecule has 0 amide bonds. The van der Waals surface area contributed by atoms with Gasteiger partial charge in [-0.3, -0.25) is 0 Å². The average molecular weight is 178 g/mol. The highest BCUT2D eigenvalue weighted by Crippen LogP contribution is 2.20. The summed E-state index contributed by atoms with van der Waals surface area (Å²) in [6, 6.07) is 0.735. The van der Waals surface area contributed by atoms with Crippen LogP contribution in [0.4, 0.5) is 6.01 Å². The van der Waals surface area contributed by atoms with Gasteiger partial charge < -0.3 is 9.32 Å². The molecule has 2 heterocycles. The molecule has 2 rings (SSSR count). The third-order valence-electron chi connectivity index (χ3n) is 2.25. The predicted octanol–water partition coefficient (Wildman–Crippen LogP) is 2.14. The van der Waals surface area contributed by atoms with Crippen molar-refractivity contribution in [3.8, 4) is 0 Å². The summed E-state index contributed by atoms with van der Waals surface area (Å²) in [4.78, 5) is 6.42. The van der Waals surface area contributed by atoms with Crippen molar-refractivity contribution < 1.29 is 4.42 Å². The SMILES string of the molecule is C=C1CCCN(c2nc(C)co2)C1. The molecule has 0 unspecified atom stereocenters. The molecular formula is C10H14N2O. The van der Waals surface area contributed by atoms with Crippen LogP contribution in [0.5, 0.6) is 0 Å². The van der Waals surface area contributed by atoms with Gasteiger partial charge in [0, 0.05) is 13.1 Å². The third-order valence-corrected chi connectivity index (χ3v) is 2.25. The van der Waals surface area contributed by atoms with Gasteiger partial charge in [0.05, 0.1) is 5.69 Å². The van der Waals surface area contributed by atoms with Gasteiger partial charge in [-0.2, -0.15) is 4.98 Å². The first-order valence-corrected chi connectivity index (χ1v) is 4.59. The molecule has 1 aliphatic rings. The van der Waals surface area contributed by atoms with Crippen LogP contribution in [0, 0.1) is 6.92 Å². The Labute approximate surface area is 78.1 Å². The van der Waals surface area contributed by atoms with E-state index in [4.69, 9.17) is 4.42 Å². The molecule has 1 saturated heterocycles. The lowest BCUT2D eigenvalue weighted by atomic mass is 10.1. The van der Waals surface area contributed by atoms with E-state index >= 15 is 0 Å². The van der Waals surface area contributed by atoms with E-state index in [1.165, 1.54) is 5.57 Å². The van der Waals surface area contributed by atoms with Crippen LogP contribution in [-0.2, 0) is 0 Å². The van der Waals surface area contributed by atoms with Crippen LogP contribution in [0.1, 0.15) is 18.5 Å². The van der Waals surface area contributed by atoms with Gasteiger partial charge >= 0.3 is 0 Å². The lowest BCUT2D eigenvalue weighted by Crippen LogP contribution is -2.30. The van der Waals surface area contributed by atoms with Gasteiger partial charge in [-0.05, 0) is 19.8 Å². The summed E-state index contributed by atoms with van der Waals surface area (Å²) in [7, 11) is 0. The lowest BCUT2D eigenvalue weighted by molar-refractivity contribution is 0.521. The Bertz CT molecular complexity index is 316. The fraction of sp³-hybridized carbons (Fsp3) is 0.500. The first-order chi connectivity index (χ1) is 6.25. The molecular weight excluding hydrogens is 164 g/mol. The Morgan fingerprint density at radius 3 is 3.08 bits per heavy atom. The van der Waals surface area contributed by atoms with Crippen LogP contribution in [0.25, 0.3) is 0 Å². The number of rotatable bonds is 1. The molecule has 0 saturated carbocycles. The Hall–Kier alpha value is -1.25. The highest BCUT2D eigenvalue weighted by Gasteiger charge is 2.16. The van der Waals surface area contributed by atoms with Crippen molar-refractivity contribution in [2.75, 3.05) is 18.0 Å². The smallest absolute Gasteiger partial charge is 0.297 e. The highest BCUT2D eigenvalue weighted by molar-refractivity contribution is 5.31. The van der Waals surface area contributed by atoms with E-state index in [9.17, 15) is 0 Å². The third kappa shape index (κ3) is 1.74. The second-order valence-electron chi connectivity index (χ2n) is 3.55. The van der Waals surface area contributed by atoms with E-state index < -0.39 is 0 Å². The first kappa shape index (κ1) is 8.35. The fourth-order valence-electron chi connectivity index (χ4n) is 1.60. The summed E-state index contributed by atoms with van der Waals surface area (Å²) in [6.07, 6.45) is 3.98. The van der Waals surface area contributed by atoms with Gasteiger partial charge in [-0.15, -0.1) is 0 Å².